The zero-order valence-electron chi connectivity index (χ0n) is 6.10. The number of hydrogen-bond acceptors (Lipinski definition) is 2. The summed E-state index contributed by atoms with van der Waals surface area (Å²) in [6, 6.07) is 1.81. The van der Waals surface area contributed by atoms with Crippen LogP contribution in [-0.4, -0.2) is 11.7 Å². The molecule has 0 aliphatic heterocycles. The maximum atomic E-state index is 12.9. The summed E-state index contributed by atoms with van der Waals surface area (Å²) >= 11 is 2.73. The summed E-state index contributed by atoms with van der Waals surface area (Å²) < 4.78 is 40.0. The van der Waals surface area contributed by atoms with Gasteiger partial charge in [0, 0.05) is 6.07 Å². The Morgan fingerprint density at radius 2 is 2.00 bits per heavy atom. The number of ether oxygens (including phenoxy) is 1. The lowest BCUT2D eigenvalue weighted by Gasteiger charge is -2.06. The number of phenolic OH excluding ortho intramolecular Hbond substituents is 1. The number of alkyl halides is 2. The van der Waals surface area contributed by atoms with Gasteiger partial charge in [-0.25, -0.2) is 4.39 Å². The third-order valence-corrected chi connectivity index (χ3v) is 1.77. The molecule has 1 rings (SSSR count). The first-order valence-corrected chi connectivity index (χ1v) is 3.93. The molecule has 13 heavy (non-hydrogen) atoms. The van der Waals surface area contributed by atoms with E-state index in [-0.39, 0.29) is 10.2 Å². The topological polar surface area (TPSA) is 29.5 Å². The van der Waals surface area contributed by atoms with Crippen molar-refractivity contribution >= 4 is 15.9 Å². The molecule has 0 saturated heterocycles. The summed E-state index contributed by atoms with van der Waals surface area (Å²) in [7, 11) is 0. The lowest BCUT2D eigenvalue weighted by Crippen LogP contribution is -2.03. The van der Waals surface area contributed by atoms with Crippen LogP contribution in [0.4, 0.5) is 13.2 Å². The highest BCUT2D eigenvalue weighted by molar-refractivity contribution is 9.10. The molecule has 0 radical (unpaired) electrons. The highest BCUT2D eigenvalue weighted by atomic mass is 79.9. The SMILES string of the molecule is Oc1cc(Br)c(F)c(OC(F)F)c1. The van der Waals surface area contributed by atoms with Crippen LogP contribution in [0.5, 0.6) is 11.5 Å². The van der Waals surface area contributed by atoms with Crippen molar-refractivity contribution in [2.24, 2.45) is 0 Å². The summed E-state index contributed by atoms with van der Waals surface area (Å²) in [4.78, 5) is 0. The summed E-state index contributed by atoms with van der Waals surface area (Å²) in [5.74, 6) is -2.02. The maximum Gasteiger partial charge on any atom is 0.387 e. The van der Waals surface area contributed by atoms with E-state index < -0.39 is 18.2 Å². The van der Waals surface area contributed by atoms with E-state index in [0.29, 0.717) is 0 Å². The van der Waals surface area contributed by atoms with E-state index in [9.17, 15) is 13.2 Å². The van der Waals surface area contributed by atoms with Crippen molar-refractivity contribution in [2.75, 3.05) is 0 Å². The van der Waals surface area contributed by atoms with Crippen molar-refractivity contribution < 1.29 is 23.0 Å². The molecular weight excluding hydrogens is 253 g/mol. The Bertz CT molecular complexity index is 317. The molecule has 1 N–H and O–H groups in total. The molecule has 0 aliphatic rings. The van der Waals surface area contributed by atoms with Gasteiger partial charge in [0.25, 0.3) is 0 Å². The maximum absolute atomic E-state index is 12.9. The molecule has 0 bridgehead atoms. The highest BCUT2D eigenvalue weighted by Crippen LogP contribution is 2.30. The number of benzene rings is 1. The van der Waals surface area contributed by atoms with Crippen molar-refractivity contribution in [1.29, 1.82) is 0 Å². The lowest BCUT2D eigenvalue weighted by molar-refractivity contribution is -0.0523. The standard InChI is InChI=1S/C7H4BrF3O2/c8-4-1-3(12)2-5(6(4)9)13-7(10)11/h1-2,7,12H. The third-order valence-electron chi connectivity index (χ3n) is 1.20. The zero-order chi connectivity index (χ0) is 10.0. The molecule has 0 aromatic heterocycles. The molecule has 0 heterocycles. The molecular formula is C7H4BrF3O2. The molecule has 1 aromatic rings. The number of hydrogen-bond donors (Lipinski definition) is 1. The molecule has 0 unspecified atom stereocenters. The van der Waals surface area contributed by atoms with E-state index >= 15 is 0 Å². The molecule has 0 amide bonds. The minimum Gasteiger partial charge on any atom is -0.508 e. The summed E-state index contributed by atoms with van der Waals surface area (Å²) in [5.41, 5.74) is 0. The Hall–Kier alpha value is -0.910. The van der Waals surface area contributed by atoms with Crippen LogP contribution in [0.2, 0.25) is 0 Å². The number of phenols is 1. The van der Waals surface area contributed by atoms with Gasteiger partial charge in [-0.2, -0.15) is 8.78 Å². The fraction of sp³-hybridized carbons (Fsp3) is 0.143. The molecule has 0 fully saturated rings. The van der Waals surface area contributed by atoms with E-state index in [2.05, 4.69) is 20.7 Å². The van der Waals surface area contributed by atoms with Gasteiger partial charge in [-0.05, 0) is 22.0 Å². The molecule has 0 saturated carbocycles. The van der Waals surface area contributed by atoms with Crippen molar-refractivity contribution in [2.45, 2.75) is 6.61 Å². The van der Waals surface area contributed by atoms with Crippen molar-refractivity contribution in [3.8, 4) is 11.5 Å². The van der Waals surface area contributed by atoms with Crippen molar-refractivity contribution in [3.63, 3.8) is 0 Å². The van der Waals surface area contributed by atoms with Gasteiger partial charge in [0.15, 0.2) is 11.6 Å². The predicted molar refractivity (Wildman–Crippen MR) is 42.4 cm³/mol. The second-order valence-corrected chi connectivity index (χ2v) is 2.97. The lowest BCUT2D eigenvalue weighted by atomic mass is 10.3. The molecule has 2 nitrogen and oxygen atoms in total. The van der Waals surface area contributed by atoms with Gasteiger partial charge >= 0.3 is 6.61 Å². The smallest absolute Gasteiger partial charge is 0.387 e. The van der Waals surface area contributed by atoms with Gasteiger partial charge < -0.3 is 9.84 Å². The van der Waals surface area contributed by atoms with Gasteiger partial charge in [0.05, 0.1) is 4.47 Å². The molecule has 1 aromatic carbocycles. The first kappa shape index (κ1) is 10.2. The van der Waals surface area contributed by atoms with Crippen LogP contribution in [0.15, 0.2) is 16.6 Å². The summed E-state index contributed by atoms with van der Waals surface area (Å²) in [5, 5.41) is 8.91. The van der Waals surface area contributed by atoms with Gasteiger partial charge in [0.2, 0.25) is 0 Å². The molecule has 72 valence electrons. The van der Waals surface area contributed by atoms with Crippen LogP contribution in [0.3, 0.4) is 0 Å². The number of halogens is 4. The Labute approximate surface area is 80.1 Å². The minimum atomic E-state index is -3.12. The Morgan fingerprint density at radius 1 is 1.38 bits per heavy atom. The highest BCUT2D eigenvalue weighted by Gasteiger charge is 2.13. The molecule has 6 heteroatoms. The average Bonchev–Trinajstić information content (AvgIpc) is 1.98. The Balaban J connectivity index is 3.05. The fourth-order valence-corrected chi connectivity index (χ4v) is 1.16. The van der Waals surface area contributed by atoms with Crippen LogP contribution in [0.25, 0.3) is 0 Å². The van der Waals surface area contributed by atoms with E-state index in [4.69, 9.17) is 5.11 Å². The van der Waals surface area contributed by atoms with Crippen LogP contribution < -0.4 is 4.74 Å². The monoisotopic (exact) mass is 256 g/mol. The number of rotatable bonds is 2. The summed E-state index contributed by atoms with van der Waals surface area (Å²) in [6.45, 7) is -3.12. The largest absolute Gasteiger partial charge is 0.508 e. The second-order valence-electron chi connectivity index (χ2n) is 2.12. The number of aromatic hydroxyl groups is 1. The first-order valence-electron chi connectivity index (χ1n) is 3.13. The summed E-state index contributed by atoms with van der Waals surface area (Å²) in [6.07, 6.45) is 0. The van der Waals surface area contributed by atoms with Gasteiger partial charge in [0.1, 0.15) is 5.75 Å². The molecule has 0 atom stereocenters. The van der Waals surface area contributed by atoms with Crippen LogP contribution in [0.1, 0.15) is 0 Å². The average molecular weight is 257 g/mol. The van der Waals surface area contributed by atoms with Gasteiger partial charge in [-0.1, -0.05) is 0 Å². The normalized spacial score (nSPS) is 10.5. The fourth-order valence-electron chi connectivity index (χ4n) is 0.732. The Morgan fingerprint density at radius 3 is 2.54 bits per heavy atom. The van der Waals surface area contributed by atoms with Gasteiger partial charge in [-0.15, -0.1) is 0 Å². The van der Waals surface area contributed by atoms with Crippen molar-refractivity contribution in [1.82, 2.24) is 0 Å². The van der Waals surface area contributed by atoms with E-state index in [1.165, 1.54) is 0 Å². The molecule has 0 aliphatic carbocycles. The van der Waals surface area contributed by atoms with Crippen LogP contribution >= 0.6 is 15.9 Å². The van der Waals surface area contributed by atoms with Crippen molar-refractivity contribution in [3.05, 3.63) is 22.4 Å². The third kappa shape index (κ3) is 2.51. The predicted octanol–water partition coefficient (Wildman–Crippen LogP) is 2.90. The van der Waals surface area contributed by atoms with E-state index in [1.807, 2.05) is 0 Å². The van der Waals surface area contributed by atoms with Crippen LogP contribution in [0, 0.1) is 5.82 Å². The zero-order valence-corrected chi connectivity index (χ0v) is 7.69. The second kappa shape index (κ2) is 3.87. The first-order chi connectivity index (χ1) is 6.00. The quantitative estimate of drug-likeness (QED) is 0.882. The molecule has 0 spiro atoms. The minimum absolute atomic E-state index is 0.136. The van der Waals surface area contributed by atoms with E-state index in [0.717, 1.165) is 12.1 Å². The Kier molecular flexibility index (Phi) is 3.02. The van der Waals surface area contributed by atoms with Crippen LogP contribution in [-0.2, 0) is 0 Å². The van der Waals surface area contributed by atoms with Gasteiger partial charge in [-0.3, -0.25) is 0 Å². The van der Waals surface area contributed by atoms with E-state index in [1.54, 1.807) is 0 Å².